The van der Waals surface area contributed by atoms with Gasteiger partial charge in [-0.05, 0) is 42.7 Å². The topological polar surface area (TPSA) is 65.0 Å². The second-order valence-corrected chi connectivity index (χ2v) is 8.01. The molecule has 1 amide bonds. The van der Waals surface area contributed by atoms with Crippen LogP contribution >= 0.6 is 11.8 Å². The highest BCUT2D eigenvalue weighted by Crippen LogP contribution is 2.19. The Morgan fingerprint density at radius 2 is 1.72 bits per heavy atom. The van der Waals surface area contributed by atoms with Gasteiger partial charge in [0.25, 0.3) is 0 Å². The maximum atomic E-state index is 12.2. The number of nitrogens with zero attached hydrogens (tertiary/aromatic N) is 2. The summed E-state index contributed by atoms with van der Waals surface area (Å²) in [6, 6.07) is 17.4. The molecule has 0 aromatic heterocycles. The van der Waals surface area contributed by atoms with Crippen LogP contribution in [0.1, 0.15) is 0 Å². The third kappa shape index (κ3) is 7.36. The summed E-state index contributed by atoms with van der Waals surface area (Å²) < 4.78 is 5.69. The summed E-state index contributed by atoms with van der Waals surface area (Å²) in [7, 11) is 0. The monoisotopic (exact) mass is 415 g/mol. The highest BCUT2D eigenvalue weighted by atomic mass is 32.2. The molecule has 1 fully saturated rings. The van der Waals surface area contributed by atoms with Gasteiger partial charge in [-0.15, -0.1) is 11.8 Å². The van der Waals surface area contributed by atoms with Crippen molar-refractivity contribution in [2.24, 2.45) is 0 Å². The van der Waals surface area contributed by atoms with E-state index in [0.29, 0.717) is 13.1 Å². The van der Waals surface area contributed by atoms with Crippen LogP contribution in [0.25, 0.3) is 0 Å². The van der Waals surface area contributed by atoms with Crippen molar-refractivity contribution in [2.75, 3.05) is 57.4 Å². The lowest BCUT2D eigenvalue weighted by atomic mass is 10.2. The highest BCUT2D eigenvalue weighted by molar-refractivity contribution is 7.98. The van der Waals surface area contributed by atoms with Crippen molar-refractivity contribution in [3.63, 3.8) is 0 Å². The molecule has 156 valence electrons. The first kappa shape index (κ1) is 21.6. The molecule has 0 radical (unpaired) electrons. The molecular formula is C22H29N3O3S. The van der Waals surface area contributed by atoms with E-state index in [0.717, 1.165) is 37.6 Å². The van der Waals surface area contributed by atoms with Crippen molar-refractivity contribution in [3.05, 3.63) is 54.6 Å². The molecule has 1 aliphatic rings. The number of amides is 1. The third-order valence-electron chi connectivity index (χ3n) is 4.86. The van der Waals surface area contributed by atoms with E-state index < -0.39 is 6.10 Å². The van der Waals surface area contributed by atoms with Crippen molar-refractivity contribution in [3.8, 4) is 5.75 Å². The van der Waals surface area contributed by atoms with Crippen LogP contribution in [0.15, 0.2) is 59.5 Å². The summed E-state index contributed by atoms with van der Waals surface area (Å²) >= 11 is 1.69. The molecule has 1 heterocycles. The fraction of sp³-hybridized carbons (Fsp3) is 0.409. The first-order valence-electron chi connectivity index (χ1n) is 9.87. The number of thioether (sulfide) groups is 1. The maximum absolute atomic E-state index is 12.2. The van der Waals surface area contributed by atoms with Gasteiger partial charge in [-0.2, -0.15) is 0 Å². The number of hydrogen-bond donors (Lipinski definition) is 2. The van der Waals surface area contributed by atoms with Crippen LogP contribution in [0.4, 0.5) is 5.69 Å². The van der Waals surface area contributed by atoms with E-state index in [-0.39, 0.29) is 12.5 Å². The third-order valence-corrected chi connectivity index (χ3v) is 5.60. The van der Waals surface area contributed by atoms with Gasteiger partial charge in [0.1, 0.15) is 18.5 Å². The van der Waals surface area contributed by atoms with Crippen LogP contribution in [-0.2, 0) is 4.79 Å². The Morgan fingerprint density at radius 3 is 2.38 bits per heavy atom. The molecule has 0 spiro atoms. The number of β-amino-alcohol motifs (C(OH)–C–C–N with tert-alkyl or cyclic N) is 1. The highest BCUT2D eigenvalue weighted by Gasteiger charge is 2.21. The Kier molecular flexibility index (Phi) is 8.37. The van der Waals surface area contributed by atoms with Crippen LogP contribution in [-0.4, -0.2) is 79.0 Å². The molecule has 29 heavy (non-hydrogen) atoms. The number of carbonyl (C=O) groups is 1. The number of anilines is 1. The molecule has 1 saturated heterocycles. The normalized spacial score (nSPS) is 16.3. The molecule has 1 atom stereocenters. The molecule has 3 rings (SSSR count). The number of hydrogen-bond acceptors (Lipinski definition) is 6. The van der Waals surface area contributed by atoms with Gasteiger partial charge in [0.2, 0.25) is 5.91 Å². The lowest BCUT2D eigenvalue weighted by Crippen LogP contribution is -2.50. The predicted molar refractivity (Wildman–Crippen MR) is 118 cm³/mol. The van der Waals surface area contributed by atoms with Crippen LogP contribution in [0.5, 0.6) is 5.75 Å². The lowest BCUT2D eigenvalue weighted by Gasteiger charge is -2.35. The SMILES string of the molecule is CSc1ccc(OCC(O)CN2CCN(CC(=O)Nc3ccccc3)CC2)cc1. The molecule has 0 saturated carbocycles. The van der Waals surface area contributed by atoms with Gasteiger partial charge in [0, 0.05) is 43.3 Å². The first-order chi connectivity index (χ1) is 14.1. The van der Waals surface area contributed by atoms with E-state index in [1.165, 1.54) is 4.90 Å². The largest absolute Gasteiger partial charge is 0.491 e. The predicted octanol–water partition coefficient (Wildman–Crippen LogP) is 2.40. The van der Waals surface area contributed by atoms with E-state index in [1.54, 1.807) is 11.8 Å². The van der Waals surface area contributed by atoms with Gasteiger partial charge in [-0.25, -0.2) is 0 Å². The molecule has 2 aromatic rings. The second-order valence-electron chi connectivity index (χ2n) is 7.13. The summed E-state index contributed by atoms with van der Waals surface area (Å²) in [4.78, 5) is 17.7. The van der Waals surface area contributed by atoms with Crippen LogP contribution < -0.4 is 10.1 Å². The first-order valence-corrected chi connectivity index (χ1v) is 11.1. The minimum absolute atomic E-state index is 0.00516. The molecule has 1 unspecified atom stereocenters. The minimum atomic E-state index is -0.539. The Bertz CT molecular complexity index is 750. The van der Waals surface area contributed by atoms with E-state index in [9.17, 15) is 9.90 Å². The fourth-order valence-electron chi connectivity index (χ4n) is 3.27. The number of piperazine rings is 1. The van der Waals surface area contributed by atoms with E-state index in [4.69, 9.17) is 4.74 Å². The Balaban J connectivity index is 1.33. The molecule has 0 bridgehead atoms. The van der Waals surface area contributed by atoms with Gasteiger partial charge < -0.3 is 15.2 Å². The summed E-state index contributed by atoms with van der Waals surface area (Å²) in [5.74, 6) is 0.779. The van der Waals surface area contributed by atoms with Gasteiger partial charge in [-0.1, -0.05) is 18.2 Å². The average molecular weight is 416 g/mol. The number of ether oxygens (including phenoxy) is 1. The van der Waals surface area contributed by atoms with Crippen molar-refractivity contribution in [1.29, 1.82) is 0 Å². The molecular weight excluding hydrogens is 386 g/mol. The number of carbonyl (C=O) groups excluding carboxylic acids is 1. The Hall–Kier alpha value is -2.06. The number of nitrogens with one attached hydrogen (secondary N) is 1. The van der Waals surface area contributed by atoms with Gasteiger partial charge in [0.05, 0.1) is 6.54 Å². The molecule has 2 aromatic carbocycles. The molecule has 6 nitrogen and oxygen atoms in total. The zero-order valence-corrected chi connectivity index (χ0v) is 17.6. The minimum Gasteiger partial charge on any atom is -0.491 e. The number of aliphatic hydroxyl groups is 1. The molecule has 0 aliphatic carbocycles. The summed E-state index contributed by atoms with van der Waals surface area (Å²) in [5, 5.41) is 13.2. The maximum Gasteiger partial charge on any atom is 0.238 e. The quantitative estimate of drug-likeness (QED) is 0.613. The summed E-state index contributed by atoms with van der Waals surface area (Å²) in [5.41, 5.74) is 0.822. The Labute approximate surface area is 176 Å². The molecule has 7 heteroatoms. The average Bonchev–Trinajstić information content (AvgIpc) is 2.75. The smallest absolute Gasteiger partial charge is 0.238 e. The summed E-state index contributed by atoms with van der Waals surface area (Å²) in [6.45, 7) is 4.53. The van der Waals surface area contributed by atoms with Crippen LogP contribution in [0.2, 0.25) is 0 Å². The number of para-hydroxylation sites is 1. The molecule has 1 aliphatic heterocycles. The summed E-state index contributed by atoms with van der Waals surface area (Å²) in [6.07, 6.45) is 1.50. The standard InChI is InChI=1S/C22H29N3O3S/c1-29-21-9-7-20(8-10-21)28-17-19(26)15-24-11-13-25(14-12-24)16-22(27)23-18-5-3-2-4-6-18/h2-10,19,26H,11-17H2,1H3,(H,23,27). The molecule has 2 N–H and O–H groups in total. The van der Waals surface area contributed by atoms with Crippen molar-refractivity contribution in [2.45, 2.75) is 11.0 Å². The van der Waals surface area contributed by atoms with E-state index in [2.05, 4.69) is 15.1 Å². The van der Waals surface area contributed by atoms with E-state index in [1.807, 2.05) is 60.9 Å². The van der Waals surface area contributed by atoms with Gasteiger partial charge >= 0.3 is 0 Å². The Morgan fingerprint density at radius 1 is 1.07 bits per heavy atom. The zero-order chi connectivity index (χ0) is 20.5. The van der Waals surface area contributed by atoms with Crippen LogP contribution in [0.3, 0.4) is 0 Å². The van der Waals surface area contributed by atoms with Crippen molar-refractivity contribution < 1.29 is 14.6 Å². The number of aliphatic hydroxyl groups excluding tert-OH is 1. The van der Waals surface area contributed by atoms with Gasteiger partial charge in [0.15, 0.2) is 0 Å². The zero-order valence-electron chi connectivity index (χ0n) is 16.8. The lowest BCUT2D eigenvalue weighted by molar-refractivity contribution is -0.117. The van der Waals surface area contributed by atoms with E-state index >= 15 is 0 Å². The number of rotatable bonds is 9. The number of benzene rings is 2. The van der Waals surface area contributed by atoms with Crippen molar-refractivity contribution in [1.82, 2.24) is 9.80 Å². The fourth-order valence-corrected chi connectivity index (χ4v) is 3.68. The van der Waals surface area contributed by atoms with Crippen molar-refractivity contribution >= 4 is 23.4 Å². The second kappa shape index (κ2) is 11.2. The van der Waals surface area contributed by atoms with Gasteiger partial charge in [-0.3, -0.25) is 14.6 Å². The van der Waals surface area contributed by atoms with Crippen LogP contribution in [0, 0.1) is 0 Å².